The van der Waals surface area contributed by atoms with E-state index in [0.717, 1.165) is 25.8 Å². The molecule has 138 valence electrons. The molecule has 0 spiro atoms. The Kier molecular flexibility index (Phi) is 6.39. The van der Waals surface area contributed by atoms with Gasteiger partial charge in [0.1, 0.15) is 5.82 Å². The number of nitrogens with one attached hydrogen (secondary N) is 1. The predicted octanol–water partition coefficient (Wildman–Crippen LogP) is 3.49. The van der Waals surface area contributed by atoms with Crippen LogP contribution < -0.4 is 5.32 Å². The Bertz CT molecular complexity index is 731. The van der Waals surface area contributed by atoms with Crippen LogP contribution in [0.2, 0.25) is 0 Å². The second-order valence-corrected chi connectivity index (χ2v) is 7.68. The van der Waals surface area contributed by atoms with E-state index in [4.69, 9.17) is 0 Å². The lowest BCUT2D eigenvalue weighted by Crippen LogP contribution is -2.43. The van der Waals surface area contributed by atoms with E-state index in [1.165, 1.54) is 29.1 Å². The molecule has 2 heterocycles. The highest BCUT2D eigenvalue weighted by Gasteiger charge is 2.24. The third kappa shape index (κ3) is 5.14. The molecule has 4 nitrogen and oxygen atoms in total. The molecule has 1 aromatic carbocycles. The van der Waals surface area contributed by atoms with Gasteiger partial charge in [-0.05, 0) is 60.9 Å². The van der Waals surface area contributed by atoms with Gasteiger partial charge in [0.15, 0.2) is 0 Å². The van der Waals surface area contributed by atoms with E-state index < -0.39 is 0 Å². The highest BCUT2D eigenvalue weighted by atomic mass is 32.1. The number of benzene rings is 1. The van der Waals surface area contributed by atoms with Crippen molar-refractivity contribution in [1.82, 2.24) is 10.2 Å². The number of carbonyl (C=O) groups excluding carboxylic acids is 2. The van der Waals surface area contributed by atoms with Crippen molar-refractivity contribution in [2.24, 2.45) is 5.92 Å². The highest BCUT2D eigenvalue weighted by molar-refractivity contribution is 7.09. The summed E-state index contributed by atoms with van der Waals surface area (Å²) in [7, 11) is 0. The van der Waals surface area contributed by atoms with Crippen molar-refractivity contribution in [1.29, 1.82) is 0 Å². The molecule has 0 aliphatic carbocycles. The standard InChI is InChI=1S/C20H23FN2O2S/c21-17-7-5-16(6-8-17)20(25)22-13-15-3-1-11-23(14-15)19(24)10-9-18-4-2-12-26-18/h2,4-8,12,15H,1,3,9-11,13-14H2,(H,22,25)/t15-/m0/s1. The number of nitrogens with zero attached hydrogens (tertiary/aromatic N) is 1. The molecule has 0 bridgehead atoms. The molecule has 3 rings (SSSR count). The Hall–Kier alpha value is -2.21. The summed E-state index contributed by atoms with van der Waals surface area (Å²) in [6.07, 6.45) is 3.29. The topological polar surface area (TPSA) is 49.4 Å². The van der Waals surface area contributed by atoms with Crippen molar-refractivity contribution in [2.75, 3.05) is 19.6 Å². The van der Waals surface area contributed by atoms with Gasteiger partial charge in [-0.2, -0.15) is 0 Å². The van der Waals surface area contributed by atoms with Crippen LogP contribution in [0.1, 0.15) is 34.5 Å². The van der Waals surface area contributed by atoms with E-state index in [1.807, 2.05) is 16.3 Å². The Morgan fingerprint density at radius 3 is 2.77 bits per heavy atom. The molecule has 1 aliphatic heterocycles. The number of halogens is 1. The summed E-state index contributed by atoms with van der Waals surface area (Å²) < 4.78 is 12.9. The van der Waals surface area contributed by atoms with Gasteiger partial charge in [-0.3, -0.25) is 9.59 Å². The van der Waals surface area contributed by atoms with Crippen LogP contribution in [-0.4, -0.2) is 36.3 Å². The first-order valence-electron chi connectivity index (χ1n) is 8.96. The van der Waals surface area contributed by atoms with E-state index in [1.54, 1.807) is 11.3 Å². The van der Waals surface area contributed by atoms with Crippen molar-refractivity contribution < 1.29 is 14.0 Å². The van der Waals surface area contributed by atoms with Gasteiger partial charge in [0.05, 0.1) is 0 Å². The van der Waals surface area contributed by atoms with E-state index in [9.17, 15) is 14.0 Å². The van der Waals surface area contributed by atoms with Gasteiger partial charge in [-0.25, -0.2) is 4.39 Å². The number of hydrogen-bond acceptors (Lipinski definition) is 3. The maximum atomic E-state index is 12.9. The molecule has 1 N–H and O–H groups in total. The summed E-state index contributed by atoms with van der Waals surface area (Å²) >= 11 is 1.68. The van der Waals surface area contributed by atoms with Gasteiger partial charge in [-0.15, -0.1) is 11.3 Å². The fraction of sp³-hybridized carbons (Fsp3) is 0.400. The third-order valence-corrected chi connectivity index (χ3v) is 5.63. The maximum absolute atomic E-state index is 12.9. The highest BCUT2D eigenvalue weighted by Crippen LogP contribution is 2.18. The molecule has 6 heteroatoms. The normalized spacial score (nSPS) is 17.1. The van der Waals surface area contributed by atoms with Crippen molar-refractivity contribution in [2.45, 2.75) is 25.7 Å². The molecule has 0 unspecified atom stereocenters. The molecule has 2 amide bonds. The zero-order valence-corrected chi connectivity index (χ0v) is 15.4. The van der Waals surface area contributed by atoms with Gasteiger partial charge in [-0.1, -0.05) is 6.07 Å². The zero-order chi connectivity index (χ0) is 18.4. The fourth-order valence-corrected chi connectivity index (χ4v) is 3.95. The van der Waals surface area contributed by atoms with E-state index in [-0.39, 0.29) is 23.5 Å². The average Bonchev–Trinajstić information content (AvgIpc) is 3.18. The van der Waals surface area contributed by atoms with Gasteiger partial charge in [0.2, 0.25) is 5.91 Å². The average molecular weight is 374 g/mol. The first-order valence-corrected chi connectivity index (χ1v) is 9.83. The van der Waals surface area contributed by atoms with Crippen LogP contribution in [-0.2, 0) is 11.2 Å². The number of hydrogen-bond donors (Lipinski definition) is 1. The quantitative estimate of drug-likeness (QED) is 0.841. The van der Waals surface area contributed by atoms with Crippen LogP contribution in [0.5, 0.6) is 0 Å². The first-order chi connectivity index (χ1) is 12.6. The van der Waals surface area contributed by atoms with Crippen molar-refractivity contribution in [3.63, 3.8) is 0 Å². The molecule has 26 heavy (non-hydrogen) atoms. The third-order valence-electron chi connectivity index (χ3n) is 4.69. The van der Waals surface area contributed by atoms with Crippen LogP contribution >= 0.6 is 11.3 Å². The van der Waals surface area contributed by atoms with E-state index in [2.05, 4.69) is 11.4 Å². The molecule has 2 aromatic rings. The van der Waals surface area contributed by atoms with Crippen molar-refractivity contribution >= 4 is 23.2 Å². The lowest BCUT2D eigenvalue weighted by Gasteiger charge is -2.33. The first kappa shape index (κ1) is 18.6. The van der Waals surface area contributed by atoms with Gasteiger partial charge >= 0.3 is 0 Å². The summed E-state index contributed by atoms with van der Waals surface area (Å²) in [6.45, 7) is 2.02. The van der Waals surface area contributed by atoms with E-state index >= 15 is 0 Å². The molecule has 1 aromatic heterocycles. The lowest BCUT2D eigenvalue weighted by molar-refractivity contribution is -0.132. The molecular formula is C20H23FN2O2S. The minimum absolute atomic E-state index is 0.188. The fourth-order valence-electron chi connectivity index (χ4n) is 3.24. The van der Waals surface area contributed by atoms with Gasteiger partial charge in [0.25, 0.3) is 5.91 Å². The van der Waals surface area contributed by atoms with Gasteiger partial charge in [0, 0.05) is 36.5 Å². The molecule has 1 fully saturated rings. The molecule has 0 radical (unpaired) electrons. The monoisotopic (exact) mass is 374 g/mol. The van der Waals surface area contributed by atoms with Crippen LogP contribution in [0.15, 0.2) is 41.8 Å². The Morgan fingerprint density at radius 2 is 2.04 bits per heavy atom. The smallest absolute Gasteiger partial charge is 0.251 e. The predicted molar refractivity (Wildman–Crippen MR) is 101 cm³/mol. The largest absolute Gasteiger partial charge is 0.352 e. The summed E-state index contributed by atoms with van der Waals surface area (Å²) in [5, 5.41) is 4.93. The second kappa shape index (κ2) is 8.94. The number of aryl methyl sites for hydroxylation is 1. The molecule has 1 atom stereocenters. The summed E-state index contributed by atoms with van der Waals surface area (Å²) in [5.41, 5.74) is 0.450. The SMILES string of the molecule is O=C(NC[C@@H]1CCCN(C(=O)CCc2cccs2)C1)c1ccc(F)cc1. The number of rotatable bonds is 6. The number of piperidine rings is 1. The van der Waals surface area contributed by atoms with Crippen LogP contribution in [0, 0.1) is 11.7 Å². The van der Waals surface area contributed by atoms with Crippen LogP contribution in [0.4, 0.5) is 4.39 Å². The second-order valence-electron chi connectivity index (χ2n) is 6.64. The van der Waals surface area contributed by atoms with Crippen LogP contribution in [0.25, 0.3) is 0 Å². The van der Waals surface area contributed by atoms with E-state index in [0.29, 0.717) is 25.1 Å². The Labute approximate surface area is 157 Å². The summed E-state index contributed by atoms with van der Waals surface area (Å²) in [6, 6.07) is 9.58. The number of thiophene rings is 1. The minimum Gasteiger partial charge on any atom is -0.352 e. The van der Waals surface area contributed by atoms with Crippen molar-refractivity contribution in [3.05, 3.63) is 58.0 Å². The minimum atomic E-state index is -0.356. The molecular weight excluding hydrogens is 351 g/mol. The lowest BCUT2D eigenvalue weighted by atomic mass is 9.97. The zero-order valence-electron chi connectivity index (χ0n) is 14.6. The maximum Gasteiger partial charge on any atom is 0.251 e. The Balaban J connectivity index is 1.44. The summed E-state index contributed by atoms with van der Waals surface area (Å²) in [5.74, 6) is -0.108. The number of likely N-dealkylation sites (tertiary alicyclic amines) is 1. The van der Waals surface area contributed by atoms with Gasteiger partial charge < -0.3 is 10.2 Å². The van der Waals surface area contributed by atoms with Crippen LogP contribution in [0.3, 0.4) is 0 Å². The Morgan fingerprint density at radius 1 is 1.23 bits per heavy atom. The number of amides is 2. The summed E-state index contributed by atoms with van der Waals surface area (Å²) in [4.78, 5) is 27.7. The molecule has 0 saturated carbocycles. The number of carbonyl (C=O) groups is 2. The molecule has 1 aliphatic rings. The van der Waals surface area contributed by atoms with Crippen molar-refractivity contribution in [3.8, 4) is 0 Å². The molecule has 1 saturated heterocycles.